The SMILES string of the molecule is COc1ccc(Nc2cc(NCC(C)(C)O)c3ncc(-c4ccc(C(=O)NC5CC5)c(C)c4)n3n2)cc1. The Balaban J connectivity index is 1.52. The van der Waals surface area contributed by atoms with Crippen LogP contribution in [0.5, 0.6) is 5.75 Å². The summed E-state index contributed by atoms with van der Waals surface area (Å²) in [5.74, 6) is 1.34. The molecule has 37 heavy (non-hydrogen) atoms. The number of amides is 1. The molecule has 5 rings (SSSR count). The highest BCUT2D eigenvalue weighted by Gasteiger charge is 2.24. The van der Waals surface area contributed by atoms with Crippen molar-refractivity contribution in [2.24, 2.45) is 0 Å². The highest BCUT2D eigenvalue weighted by molar-refractivity contribution is 5.96. The maximum Gasteiger partial charge on any atom is 0.251 e. The zero-order chi connectivity index (χ0) is 26.2. The molecular weight excluding hydrogens is 468 g/mol. The number of aromatic nitrogens is 3. The quantitative estimate of drug-likeness (QED) is 0.267. The van der Waals surface area contributed by atoms with Crippen LogP contribution >= 0.6 is 0 Å². The summed E-state index contributed by atoms with van der Waals surface area (Å²) in [6.45, 7) is 5.76. The Bertz CT molecular complexity index is 1440. The number of anilines is 3. The Morgan fingerprint density at radius 3 is 2.57 bits per heavy atom. The molecule has 192 valence electrons. The number of hydrogen-bond acceptors (Lipinski definition) is 7. The van der Waals surface area contributed by atoms with E-state index in [0.717, 1.165) is 46.8 Å². The minimum Gasteiger partial charge on any atom is -0.497 e. The van der Waals surface area contributed by atoms with Gasteiger partial charge in [0.25, 0.3) is 5.91 Å². The van der Waals surface area contributed by atoms with E-state index in [2.05, 4.69) is 20.9 Å². The summed E-state index contributed by atoms with van der Waals surface area (Å²) in [5, 5.41) is 24.8. The van der Waals surface area contributed by atoms with Crippen LogP contribution in [0.2, 0.25) is 0 Å². The van der Waals surface area contributed by atoms with Crippen LogP contribution in [0.4, 0.5) is 17.2 Å². The summed E-state index contributed by atoms with van der Waals surface area (Å²) < 4.78 is 7.03. The fraction of sp³-hybridized carbons (Fsp3) is 0.321. The molecule has 1 saturated carbocycles. The van der Waals surface area contributed by atoms with Crippen molar-refractivity contribution >= 4 is 28.7 Å². The molecule has 0 bridgehead atoms. The smallest absolute Gasteiger partial charge is 0.251 e. The topological polar surface area (TPSA) is 113 Å². The average Bonchev–Trinajstić information content (AvgIpc) is 3.57. The van der Waals surface area contributed by atoms with Crippen LogP contribution in [0.1, 0.15) is 42.6 Å². The van der Waals surface area contributed by atoms with Gasteiger partial charge in [-0.1, -0.05) is 6.07 Å². The van der Waals surface area contributed by atoms with Gasteiger partial charge in [0.15, 0.2) is 11.5 Å². The molecule has 9 heteroatoms. The first-order chi connectivity index (χ1) is 17.7. The molecule has 4 N–H and O–H groups in total. The number of carbonyl (C=O) groups is 1. The van der Waals surface area contributed by atoms with Crippen molar-refractivity contribution in [1.29, 1.82) is 0 Å². The van der Waals surface area contributed by atoms with Crippen LogP contribution < -0.4 is 20.7 Å². The Labute approximate surface area is 215 Å². The Hall–Kier alpha value is -4.11. The van der Waals surface area contributed by atoms with Crippen LogP contribution in [0.25, 0.3) is 16.9 Å². The molecule has 1 fully saturated rings. The molecule has 0 aliphatic heterocycles. The summed E-state index contributed by atoms with van der Waals surface area (Å²) in [6, 6.07) is 15.5. The van der Waals surface area contributed by atoms with Gasteiger partial charge in [0.1, 0.15) is 5.75 Å². The molecule has 2 heterocycles. The molecule has 0 spiro atoms. The van der Waals surface area contributed by atoms with Crippen LogP contribution in [0.3, 0.4) is 0 Å². The third-order valence-electron chi connectivity index (χ3n) is 6.22. The third-order valence-corrected chi connectivity index (χ3v) is 6.22. The molecular formula is C28H32N6O3. The van der Waals surface area contributed by atoms with E-state index in [1.807, 2.05) is 55.5 Å². The molecule has 4 aromatic rings. The van der Waals surface area contributed by atoms with E-state index in [0.29, 0.717) is 29.6 Å². The number of nitrogens with one attached hydrogen (secondary N) is 3. The monoisotopic (exact) mass is 500 g/mol. The normalized spacial score (nSPS) is 13.4. The van der Waals surface area contributed by atoms with Gasteiger partial charge in [-0.3, -0.25) is 4.79 Å². The molecule has 0 atom stereocenters. The number of aryl methyl sites for hydroxylation is 1. The first-order valence-corrected chi connectivity index (χ1v) is 12.4. The van der Waals surface area contributed by atoms with Crippen LogP contribution in [0.15, 0.2) is 54.7 Å². The summed E-state index contributed by atoms with van der Waals surface area (Å²) in [7, 11) is 1.63. The lowest BCUT2D eigenvalue weighted by Gasteiger charge is -2.19. The molecule has 0 radical (unpaired) electrons. The number of hydrogen-bond donors (Lipinski definition) is 4. The van der Waals surface area contributed by atoms with Gasteiger partial charge in [0, 0.05) is 35.5 Å². The van der Waals surface area contributed by atoms with Crippen molar-refractivity contribution in [2.45, 2.75) is 45.3 Å². The van der Waals surface area contributed by atoms with Crippen molar-refractivity contribution in [2.75, 3.05) is 24.3 Å². The second-order valence-electron chi connectivity index (χ2n) is 10.1. The van der Waals surface area contributed by atoms with Crippen LogP contribution in [-0.4, -0.2) is 50.9 Å². The zero-order valence-electron chi connectivity index (χ0n) is 21.5. The zero-order valence-corrected chi connectivity index (χ0v) is 21.5. The fourth-order valence-corrected chi connectivity index (χ4v) is 4.06. The minimum absolute atomic E-state index is 0.0353. The molecule has 0 saturated heterocycles. The number of nitrogens with zero attached hydrogens (tertiary/aromatic N) is 3. The number of carbonyl (C=O) groups excluding carboxylic acids is 1. The van der Waals surface area contributed by atoms with E-state index in [4.69, 9.17) is 9.84 Å². The number of methoxy groups -OCH3 is 1. The van der Waals surface area contributed by atoms with E-state index in [1.165, 1.54) is 0 Å². The summed E-state index contributed by atoms with van der Waals surface area (Å²) in [6.07, 6.45) is 3.87. The van der Waals surface area contributed by atoms with Crippen molar-refractivity contribution in [3.05, 3.63) is 65.9 Å². The molecule has 0 unspecified atom stereocenters. The van der Waals surface area contributed by atoms with E-state index in [-0.39, 0.29) is 5.91 Å². The first kappa shape index (κ1) is 24.6. The maximum absolute atomic E-state index is 12.6. The highest BCUT2D eigenvalue weighted by atomic mass is 16.5. The summed E-state index contributed by atoms with van der Waals surface area (Å²) in [5.41, 5.74) is 4.56. The summed E-state index contributed by atoms with van der Waals surface area (Å²) >= 11 is 0. The molecule has 1 amide bonds. The molecule has 9 nitrogen and oxygen atoms in total. The maximum atomic E-state index is 12.6. The second-order valence-corrected chi connectivity index (χ2v) is 10.1. The molecule has 2 aromatic heterocycles. The number of rotatable bonds is 9. The predicted octanol–water partition coefficient (Wildman–Crippen LogP) is 4.53. The van der Waals surface area contributed by atoms with Crippen molar-refractivity contribution in [3.8, 4) is 17.0 Å². The average molecular weight is 501 g/mol. The lowest BCUT2D eigenvalue weighted by atomic mass is 10.0. The summed E-state index contributed by atoms with van der Waals surface area (Å²) in [4.78, 5) is 17.2. The van der Waals surface area contributed by atoms with E-state index in [1.54, 1.807) is 31.7 Å². The van der Waals surface area contributed by atoms with Crippen molar-refractivity contribution < 1.29 is 14.6 Å². The highest BCUT2D eigenvalue weighted by Crippen LogP contribution is 2.29. The number of ether oxygens (including phenoxy) is 1. The van der Waals surface area contributed by atoms with Crippen molar-refractivity contribution in [1.82, 2.24) is 19.9 Å². The predicted molar refractivity (Wildman–Crippen MR) is 145 cm³/mol. The largest absolute Gasteiger partial charge is 0.497 e. The Morgan fingerprint density at radius 2 is 1.92 bits per heavy atom. The van der Waals surface area contributed by atoms with Gasteiger partial charge >= 0.3 is 0 Å². The van der Waals surface area contributed by atoms with Gasteiger partial charge in [0.2, 0.25) is 0 Å². The molecule has 1 aliphatic rings. The Morgan fingerprint density at radius 1 is 1.16 bits per heavy atom. The standard InChI is InChI=1S/C28H32N6O3/c1-17-13-18(5-12-22(17)27(35)32-20-6-7-20)24-15-29-26-23(30-16-28(2,3)36)14-25(33-34(24)26)31-19-8-10-21(37-4)11-9-19/h5,8-15,20,30,36H,6-7,16H2,1-4H3,(H,31,33)(H,32,35). The van der Waals surface area contributed by atoms with Gasteiger partial charge in [-0.25, -0.2) is 9.50 Å². The van der Waals surface area contributed by atoms with Crippen LogP contribution in [0, 0.1) is 6.92 Å². The lowest BCUT2D eigenvalue weighted by molar-refractivity contribution is 0.0940. The van der Waals surface area contributed by atoms with Crippen LogP contribution in [-0.2, 0) is 0 Å². The van der Waals surface area contributed by atoms with E-state index >= 15 is 0 Å². The fourth-order valence-electron chi connectivity index (χ4n) is 4.06. The van der Waals surface area contributed by atoms with E-state index in [9.17, 15) is 9.90 Å². The van der Waals surface area contributed by atoms with Gasteiger partial charge < -0.3 is 25.8 Å². The minimum atomic E-state index is -0.909. The third kappa shape index (κ3) is 5.67. The number of fused-ring (bicyclic) bond motifs is 1. The van der Waals surface area contributed by atoms with Gasteiger partial charge in [-0.2, -0.15) is 0 Å². The Kier molecular flexibility index (Phi) is 6.47. The second kappa shape index (κ2) is 9.74. The first-order valence-electron chi connectivity index (χ1n) is 12.4. The number of imidazole rings is 1. The van der Waals surface area contributed by atoms with Gasteiger partial charge in [0.05, 0.1) is 30.3 Å². The molecule has 2 aromatic carbocycles. The van der Waals surface area contributed by atoms with Gasteiger partial charge in [-0.15, -0.1) is 5.10 Å². The van der Waals surface area contributed by atoms with Gasteiger partial charge in [-0.05, 0) is 75.6 Å². The lowest BCUT2D eigenvalue weighted by Crippen LogP contribution is -2.29. The molecule has 1 aliphatic carbocycles. The number of benzene rings is 2. The number of aliphatic hydroxyl groups is 1. The van der Waals surface area contributed by atoms with E-state index < -0.39 is 5.60 Å². The van der Waals surface area contributed by atoms with Crippen molar-refractivity contribution in [3.63, 3.8) is 0 Å².